The van der Waals surface area contributed by atoms with Crippen molar-refractivity contribution in [2.24, 2.45) is 5.92 Å². The summed E-state index contributed by atoms with van der Waals surface area (Å²) in [6, 6.07) is 15.2. The Balaban J connectivity index is 1.04. The number of tetrazole rings is 1. The molecular weight excluding hydrogens is 563 g/mol. The van der Waals surface area contributed by atoms with E-state index in [1.54, 1.807) is 42.5 Å². The molecule has 1 aliphatic carbocycles. The fourth-order valence-corrected chi connectivity index (χ4v) is 6.04. The van der Waals surface area contributed by atoms with Crippen LogP contribution in [0.2, 0.25) is 0 Å². The zero-order valence-corrected chi connectivity index (χ0v) is 23.2. The molecule has 2 aromatic heterocycles. The maximum absolute atomic E-state index is 13.6. The first-order valence-corrected chi connectivity index (χ1v) is 14.3. The van der Waals surface area contributed by atoms with E-state index in [-0.39, 0.29) is 29.6 Å². The molecule has 0 spiro atoms. The number of anilines is 1. The molecule has 1 saturated carbocycles. The summed E-state index contributed by atoms with van der Waals surface area (Å²) < 4.78 is 45.9. The highest BCUT2D eigenvalue weighted by Crippen LogP contribution is 2.37. The molecule has 0 bridgehead atoms. The number of rotatable bonds is 6. The van der Waals surface area contributed by atoms with Gasteiger partial charge in [0.15, 0.2) is 11.5 Å². The van der Waals surface area contributed by atoms with Crippen LogP contribution >= 0.6 is 0 Å². The molecule has 0 atom stereocenters. The minimum atomic E-state index is -4.89. The summed E-state index contributed by atoms with van der Waals surface area (Å²) in [5, 5.41) is 16.7. The molecule has 3 heterocycles. The van der Waals surface area contributed by atoms with Crippen LogP contribution in [0, 0.1) is 5.92 Å². The predicted molar refractivity (Wildman–Crippen MR) is 149 cm³/mol. The number of nitrogens with zero attached hydrogens (tertiary/aromatic N) is 5. The summed E-state index contributed by atoms with van der Waals surface area (Å²) in [5.41, 5.74) is 0.901. The van der Waals surface area contributed by atoms with Gasteiger partial charge in [0, 0.05) is 36.2 Å². The predicted octanol–water partition coefficient (Wildman–Crippen LogP) is 5.81. The molecule has 224 valence electrons. The van der Waals surface area contributed by atoms with Gasteiger partial charge in [-0.25, -0.2) is 10.1 Å². The number of oxazole rings is 1. The second-order valence-corrected chi connectivity index (χ2v) is 11.1. The van der Waals surface area contributed by atoms with E-state index < -0.39 is 23.5 Å². The summed E-state index contributed by atoms with van der Waals surface area (Å²) in [6.07, 6.45) is 0.151. The average Bonchev–Trinajstić information content (AvgIpc) is 3.73. The minimum Gasteiger partial charge on any atom is -0.431 e. The number of carbonyl (C=O) groups excluding carboxylic acids is 2. The molecule has 2 aliphatic rings. The Morgan fingerprint density at radius 2 is 1.60 bits per heavy atom. The number of piperidine rings is 1. The second kappa shape index (κ2) is 12.0. The normalized spacial score (nSPS) is 19.7. The molecule has 1 aliphatic heterocycles. The highest BCUT2D eigenvalue weighted by molar-refractivity contribution is 6.04. The van der Waals surface area contributed by atoms with Crippen LogP contribution in [0.3, 0.4) is 0 Å². The van der Waals surface area contributed by atoms with Crippen molar-refractivity contribution < 1.29 is 27.2 Å². The number of aromatic nitrogens is 5. The number of alkyl halides is 3. The monoisotopic (exact) mass is 593 g/mol. The number of nitrogens with one attached hydrogen (secondary N) is 2. The Kier molecular flexibility index (Phi) is 7.96. The van der Waals surface area contributed by atoms with E-state index >= 15 is 0 Å². The van der Waals surface area contributed by atoms with Crippen LogP contribution < -0.4 is 5.32 Å². The van der Waals surface area contributed by atoms with Crippen LogP contribution in [0.15, 0.2) is 59.0 Å². The van der Waals surface area contributed by atoms with Crippen LogP contribution in [0.5, 0.6) is 0 Å². The van der Waals surface area contributed by atoms with Gasteiger partial charge >= 0.3 is 6.18 Å². The third-order valence-corrected chi connectivity index (χ3v) is 8.39. The fraction of sp³-hybridized carbons (Fsp3) is 0.400. The lowest BCUT2D eigenvalue weighted by Gasteiger charge is -2.36. The first kappa shape index (κ1) is 28.6. The molecule has 4 aromatic rings. The Bertz CT molecular complexity index is 1540. The van der Waals surface area contributed by atoms with Crippen LogP contribution in [0.4, 0.5) is 18.9 Å². The van der Waals surface area contributed by atoms with Crippen LogP contribution in [-0.4, -0.2) is 55.4 Å². The quantitative estimate of drug-likeness (QED) is 0.289. The van der Waals surface area contributed by atoms with Gasteiger partial charge in [-0.05, 0) is 84.7 Å². The number of benzene rings is 2. The van der Waals surface area contributed by atoms with Crippen molar-refractivity contribution in [1.82, 2.24) is 30.5 Å². The van der Waals surface area contributed by atoms with Gasteiger partial charge in [-0.3, -0.25) is 9.59 Å². The Morgan fingerprint density at radius 1 is 0.907 bits per heavy atom. The summed E-state index contributed by atoms with van der Waals surface area (Å²) in [7, 11) is 0. The van der Waals surface area contributed by atoms with Gasteiger partial charge in [-0.15, -0.1) is 5.10 Å². The molecule has 10 nitrogen and oxygen atoms in total. The Labute approximate surface area is 245 Å². The van der Waals surface area contributed by atoms with Crippen molar-refractivity contribution in [2.45, 2.75) is 56.5 Å². The minimum absolute atomic E-state index is 0.0259. The molecule has 13 heteroatoms. The van der Waals surface area contributed by atoms with E-state index in [0.717, 1.165) is 49.9 Å². The summed E-state index contributed by atoms with van der Waals surface area (Å²) in [5.74, 6) is -1.19. The molecule has 0 radical (unpaired) electrons. The summed E-state index contributed by atoms with van der Waals surface area (Å²) in [6.45, 7) is 1.34. The summed E-state index contributed by atoms with van der Waals surface area (Å²) in [4.78, 5) is 31.8. The summed E-state index contributed by atoms with van der Waals surface area (Å²) >= 11 is 0. The number of H-pyrrole nitrogens is 1. The van der Waals surface area contributed by atoms with Crippen molar-refractivity contribution in [3.05, 3.63) is 77.4 Å². The first-order chi connectivity index (χ1) is 20.8. The number of aromatic amines is 1. The standard InChI is InChI=1S/C30H30F3N7O3/c31-30(32,33)25-24(35-28(43-25)21-4-2-1-3-5-21)27(41)34-23-12-10-18(11-13-23)19-14-16-40(17-15-19)29(42)22-8-6-20(7-9-22)26-36-38-39-37-26/h1-5,10-13,19-20,22H,6-9,14-17H2,(H,34,41)(H,36,37,38,39)/t20-,22-. The molecular formula is C30H30F3N7O3. The topological polar surface area (TPSA) is 130 Å². The lowest BCUT2D eigenvalue weighted by molar-refractivity contribution is -0.153. The third-order valence-electron chi connectivity index (χ3n) is 8.39. The van der Waals surface area contributed by atoms with E-state index in [0.29, 0.717) is 24.3 Å². The fourth-order valence-electron chi connectivity index (χ4n) is 6.04. The Hall–Kier alpha value is -4.55. The van der Waals surface area contributed by atoms with Gasteiger partial charge in [-0.2, -0.15) is 13.2 Å². The second-order valence-electron chi connectivity index (χ2n) is 11.1. The highest BCUT2D eigenvalue weighted by Gasteiger charge is 2.42. The van der Waals surface area contributed by atoms with Crippen molar-refractivity contribution in [1.29, 1.82) is 0 Å². The van der Waals surface area contributed by atoms with Crippen molar-refractivity contribution >= 4 is 17.5 Å². The van der Waals surface area contributed by atoms with E-state index in [1.165, 1.54) is 0 Å². The largest absolute Gasteiger partial charge is 0.452 e. The lowest BCUT2D eigenvalue weighted by Crippen LogP contribution is -2.42. The van der Waals surface area contributed by atoms with Gasteiger partial charge in [-0.1, -0.05) is 30.3 Å². The highest BCUT2D eigenvalue weighted by atomic mass is 19.4. The maximum atomic E-state index is 13.6. The van der Waals surface area contributed by atoms with Crippen LogP contribution in [0.25, 0.3) is 11.5 Å². The molecule has 2 aromatic carbocycles. The maximum Gasteiger partial charge on any atom is 0.452 e. The molecule has 2 N–H and O–H groups in total. The third kappa shape index (κ3) is 6.30. The molecule has 2 amide bonds. The average molecular weight is 594 g/mol. The van der Waals surface area contributed by atoms with Crippen LogP contribution in [0.1, 0.15) is 78.0 Å². The Morgan fingerprint density at radius 3 is 2.23 bits per heavy atom. The number of likely N-dealkylation sites (tertiary alicyclic amines) is 1. The number of hydrogen-bond acceptors (Lipinski definition) is 7. The lowest BCUT2D eigenvalue weighted by atomic mass is 9.80. The van der Waals surface area contributed by atoms with E-state index in [9.17, 15) is 22.8 Å². The smallest absolute Gasteiger partial charge is 0.431 e. The molecule has 1 saturated heterocycles. The molecule has 43 heavy (non-hydrogen) atoms. The van der Waals surface area contributed by atoms with Crippen molar-refractivity contribution in [3.8, 4) is 11.5 Å². The van der Waals surface area contributed by atoms with Crippen molar-refractivity contribution in [3.63, 3.8) is 0 Å². The number of amides is 2. The number of carbonyl (C=O) groups is 2. The van der Waals surface area contributed by atoms with E-state index in [4.69, 9.17) is 4.42 Å². The number of hydrogen-bond donors (Lipinski definition) is 2. The van der Waals surface area contributed by atoms with E-state index in [1.807, 2.05) is 17.0 Å². The molecule has 2 fully saturated rings. The van der Waals surface area contributed by atoms with Gasteiger partial charge in [0.2, 0.25) is 17.6 Å². The van der Waals surface area contributed by atoms with Crippen molar-refractivity contribution in [2.75, 3.05) is 18.4 Å². The molecule has 0 unspecified atom stereocenters. The van der Waals surface area contributed by atoms with Gasteiger partial charge in [0.25, 0.3) is 5.91 Å². The van der Waals surface area contributed by atoms with E-state index in [2.05, 4.69) is 30.9 Å². The SMILES string of the molecule is O=C(Nc1ccc(C2CCN(C(=O)[C@H]3CC[C@H](c4nnn[nH]4)CC3)CC2)cc1)c1nc(-c2ccccc2)oc1C(F)(F)F. The zero-order chi connectivity index (χ0) is 30.0. The van der Waals surface area contributed by atoms with Gasteiger partial charge < -0.3 is 14.6 Å². The zero-order valence-electron chi connectivity index (χ0n) is 23.2. The van der Waals surface area contributed by atoms with Gasteiger partial charge in [0.05, 0.1) is 0 Å². The first-order valence-electron chi connectivity index (χ1n) is 14.3. The number of halogens is 3. The van der Waals surface area contributed by atoms with Gasteiger partial charge in [0.1, 0.15) is 0 Å². The van der Waals surface area contributed by atoms with Crippen LogP contribution in [-0.2, 0) is 11.0 Å². The molecule has 6 rings (SSSR count).